The van der Waals surface area contributed by atoms with E-state index in [-0.39, 0.29) is 0 Å². The molecule has 0 saturated carbocycles. The first-order valence-corrected chi connectivity index (χ1v) is 3.94. The van der Waals surface area contributed by atoms with Gasteiger partial charge >= 0.3 is 7.82 Å². The fraction of sp³-hybridized carbons (Fsp3) is 0.500. The lowest BCUT2D eigenvalue weighted by Gasteiger charge is -2.02. The number of hydrogen-bond donors (Lipinski definition) is 8. The van der Waals surface area contributed by atoms with Gasteiger partial charge in [-0.25, -0.2) is 4.57 Å². The van der Waals surface area contributed by atoms with Crippen molar-refractivity contribution in [3.63, 3.8) is 0 Å². The number of rotatable bonds is 1. The minimum Gasteiger partial charge on any atom is -0.370 e. The summed E-state index contributed by atoms with van der Waals surface area (Å²) >= 11 is 0. The van der Waals surface area contributed by atoms with Crippen LogP contribution in [0.4, 0.5) is 0 Å². The summed E-state index contributed by atoms with van der Waals surface area (Å²) in [5, 5.41) is 24.0. The van der Waals surface area contributed by atoms with E-state index in [1.165, 1.54) is 0 Å². The highest BCUT2D eigenvalue weighted by Gasteiger charge is 2.00. The SMILES string of the molecule is N=C(N)NC(O)O.O=P(O)(O)O. The van der Waals surface area contributed by atoms with Crippen molar-refractivity contribution < 1.29 is 29.5 Å². The molecule has 0 bridgehead atoms. The van der Waals surface area contributed by atoms with Gasteiger partial charge < -0.3 is 35.9 Å². The number of aliphatic hydroxyl groups is 2. The number of phosphoric acid groups is 1. The van der Waals surface area contributed by atoms with Crippen molar-refractivity contribution in [2.45, 2.75) is 6.41 Å². The zero-order valence-electron chi connectivity index (χ0n) is 5.75. The highest BCUT2D eigenvalue weighted by molar-refractivity contribution is 7.45. The molecule has 0 amide bonds. The highest BCUT2D eigenvalue weighted by atomic mass is 31.2. The van der Waals surface area contributed by atoms with Crippen LogP contribution < -0.4 is 11.1 Å². The molecule has 0 heterocycles. The molecule has 9 N–H and O–H groups in total. The summed E-state index contributed by atoms with van der Waals surface area (Å²) in [7, 11) is -4.64. The minimum absolute atomic E-state index is 0.463. The summed E-state index contributed by atoms with van der Waals surface area (Å²) in [6, 6.07) is 0. The van der Waals surface area contributed by atoms with Crippen molar-refractivity contribution in [3.8, 4) is 0 Å². The van der Waals surface area contributed by atoms with Crippen LogP contribution in [0.15, 0.2) is 0 Å². The van der Waals surface area contributed by atoms with E-state index < -0.39 is 20.2 Å². The van der Waals surface area contributed by atoms with Gasteiger partial charge in [-0.05, 0) is 0 Å². The van der Waals surface area contributed by atoms with Gasteiger partial charge in [0.15, 0.2) is 5.96 Å². The summed E-state index contributed by atoms with van der Waals surface area (Å²) in [4.78, 5) is 21.6. The molecule has 0 fully saturated rings. The van der Waals surface area contributed by atoms with Crippen LogP contribution in [0.25, 0.3) is 0 Å². The Morgan fingerprint density at radius 2 is 1.67 bits per heavy atom. The van der Waals surface area contributed by atoms with E-state index >= 15 is 0 Å². The topological polar surface area (TPSA) is 180 Å². The van der Waals surface area contributed by atoms with Gasteiger partial charge in [-0.2, -0.15) is 0 Å². The molecule has 10 heteroatoms. The lowest BCUT2D eigenvalue weighted by molar-refractivity contribution is -0.0512. The fourth-order valence-corrected chi connectivity index (χ4v) is 0.139. The molecule has 0 aromatic rings. The second-order valence-electron chi connectivity index (χ2n) is 1.44. The Bertz CT molecular complexity index is 167. The number of nitrogens with two attached hydrogens (primary N) is 1. The van der Waals surface area contributed by atoms with Crippen molar-refractivity contribution in [2.24, 2.45) is 5.73 Å². The average Bonchev–Trinajstić information content (AvgIpc) is 1.52. The number of hydrogen-bond acceptors (Lipinski definition) is 4. The molecule has 0 aliphatic carbocycles. The minimum atomic E-state index is -4.64. The Labute approximate surface area is 67.2 Å². The van der Waals surface area contributed by atoms with E-state index in [4.69, 9.17) is 34.9 Å². The molecule has 0 aromatic carbocycles. The lowest BCUT2D eigenvalue weighted by atomic mass is 10.9. The van der Waals surface area contributed by atoms with Gasteiger partial charge in [0.1, 0.15) is 0 Å². The van der Waals surface area contributed by atoms with Gasteiger partial charge in [0.25, 0.3) is 0 Å². The van der Waals surface area contributed by atoms with Crippen LogP contribution in [0.3, 0.4) is 0 Å². The summed E-state index contributed by atoms with van der Waals surface area (Å²) in [5.74, 6) is -0.463. The third-order valence-corrected chi connectivity index (χ3v) is 0.285. The number of nitrogens with one attached hydrogen (secondary N) is 2. The van der Waals surface area contributed by atoms with Gasteiger partial charge in [-0.3, -0.25) is 5.41 Å². The maximum atomic E-state index is 8.88. The van der Waals surface area contributed by atoms with E-state index in [2.05, 4.69) is 5.73 Å². The van der Waals surface area contributed by atoms with Crippen LogP contribution in [-0.4, -0.2) is 37.3 Å². The monoisotopic (exact) mass is 203 g/mol. The third kappa shape index (κ3) is 58.8. The van der Waals surface area contributed by atoms with Crippen molar-refractivity contribution in [2.75, 3.05) is 0 Å². The zero-order chi connectivity index (χ0) is 10.4. The Balaban J connectivity index is 0. The van der Waals surface area contributed by atoms with Crippen molar-refractivity contribution in [1.29, 1.82) is 5.41 Å². The van der Waals surface area contributed by atoms with Gasteiger partial charge in [0.05, 0.1) is 0 Å². The van der Waals surface area contributed by atoms with Gasteiger partial charge in [0, 0.05) is 0 Å². The smallest absolute Gasteiger partial charge is 0.370 e. The molecular weight excluding hydrogens is 193 g/mol. The molecule has 0 rings (SSSR count). The maximum Gasteiger partial charge on any atom is 0.466 e. The first-order chi connectivity index (χ1) is 5.13. The fourth-order valence-electron chi connectivity index (χ4n) is 0.139. The predicted octanol–water partition coefficient (Wildman–Crippen LogP) is -3.19. The molecule has 0 aliphatic heterocycles. The van der Waals surface area contributed by atoms with Crippen LogP contribution in [-0.2, 0) is 4.57 Å². The molecule has 12 heavy (non-hydrogen) atoms. The first kappa shape index (κ1) is 13.9. The molecule has 74 valence electrons. The molecule has 0 aliphatic rings. The maximum absolute atomic E-state index is 8.88. The quantitative estimate of drug-likeness (QED) is 0.0948. The van der Waals surface area contributed by atoms with Crippen LogP contribution in [0.1, 0.15) is 0 Å². The van der Waals surface area contributed by atoms with E-state index in [1.54, 1.807) is 5.32 Å². The molecule has 0 aromatic heterocycles. The third-order valence-electron chi connectivity index (χ3n) is 0.285. The summed E-state index contributed by atoms with van der Waals surface area (Å²) in [5.41, 5.74) is 4.65. The Morgan fingerprint density at radius 1 is 1.42 bits per heavy atom. The normalized spacial score (nSPS) is 10.2. The Hall–Kier alpha value is -0.700. The van der Waals surface area contributed by atoms with E-state index in [0.717, 1.165) is 0 Å². The number of guanidine groups is 1. The van der Waals surface area contributed by atoms with Crippen LogP contribution >= 0.6 is 7.82 Å². The highest BCUT2D eigenvalue weighted by Crippen LogP contribution is 2.25. The lowest BCUT2D eigenvalue weighted by Crippen LogP contribution is -2.38. The molecule has 0 atom stereocenters. The van der Waals surface area contributed by atoms with Gasteiger partial charge in [-0.1, -0.05) is 0 Å². The van der Waals surface area contributed by atoms with E-state index in [1.807, 2.05) is 0 Å². The molecule has 9 nitrogen and oxygen atoms in total. The van der Waals surface area contributed by atoms with Crippen LogP contribution in [0.5, 0.6) is 0 Å². The first-order valence-electron chi connectivity index (χ1n) is 2.38. The molecule has 0 saturated heterocycles. The van der Waals surface area contributed by atoms with E-state index in [9.17, 15) is 0 Å². The largest absolute Gasteiger partial charge is 0.466 e. The standard InChI is InChI=1S/C2H7N3O2.H3O4P/c3-1(4)5-2(6)7;1-5(2,3)4/h2,6-7H,(H4,3,4,5);(H3,1,2,3,4). The summed E-state index contributed by atoms with van der Waals surface area (Å²) in [6.45, 7) is 0. The van der Waals surface area contributed by atoms with Crippen molar-refractivity contribution in [1.82, 2.24) is 5.32 Å². The average molecular weight is 203 g/mol. The second kappa shape index (κ2) is 5.89. The molecule has 0 radical (unpaired) electrons. The molecule has 0 spiro atoms. The Kier molecular flexibility index (Phi) is 6.80. The van der Waals surface area contributed by atoms with Gasteiger partial charge in [0.2, 0.25) is 6.41 Å². The zero-order valence-corrected chi connectivity index (χ0v) is 6.64. The van der Waals surface area contributed by atoms with Crippen molar-refractivity contribution >= 4 is 13.8 Å². The van der Waals surface area contributed by atoms with Crippen LogP contribution in [0, 0.1) is 5.41 Å². The molecular formula is C2H10N3O6P. The van der Waals surface area contributed by atoms with Crippen molar-refractivity contribution in [3.05, 3.63) is 0 Å². The van der Waals surface area contributed by atoms with Gasteiger partial charge in [-0.15, -0.1) is 0 Å². The summed E-state index contributed by atoms with van der Waals surface area (Å²) < 4.78 is 8.88. The van der Waals surface area contributed by atoms with E-state index in [0.29, 0.717) is 0 Å². The Morgan fingerprint density at radius 3 is 1.67 bits per heavy atom. The molecule has 0 unspecified atom stereocenters. The summed E-state index contributed by atoms with van der Waals surface area (Å²) in [6.07, 6.45) is -1.72. The number of aliphatic hydroxyl groups excluding tert-OH is 1. The second-order valence-corrected chi connectivity index (χ2v) is 2.47. The predicted molar refractivity (Wildman–Crippen MR) is 37.5 cm³/mol. The van der Waals surface area contributed by atoms with Crippen LogP contribution in [0.2, 0.25) is 0 Å².